The van der Waals surface area contributed by atoms with Gasteiger partial charge in [0.1, 0.15) is 0 Å². The van der Waals surface area contributed by atoms with E-state index in [4.69, 9.17) is 31.1 Å². The summed E-state index contributed by atoms with van der Waals surface area (Å²) < 4.78 is 0. The molecule has 0 fully saturated rings. The average molecular weight is 1090 g/mol. The van der Waals surface area contributed by atoms with Crippen molar-refractivity contribution in [2.45, 2.75) is 186 Å². The van der Waals surface area contributed by atoms with E-state index in [2.05, 4.69) is 223 Å². The van der Waals surface area contributed by atoms with Gasteiger partial charge in [-0.25, -0.2) is 0 Å². The van der Waals surface area contributed by atoms with Gasteiger partial charge in [-0.2, -0.15) is 21.9 Å². The molecule has 8 heteroatoms. The van der Waals surface area contributed by atoms with Crippen LogP contribution in [0.1, 0.15) is 241 Å². The largest absolute Gasteiger partial charge is 1.00 e. The smallest absolute Gasteiger partial charge is 0.661 e. The van der Waals surface area contributed by atoms with E-state index in [9.17, 15) is 0 Å². The van der Waals surface area contributed by atoms with E-state index >= 15 is 0 Å². The maximum atomic E-state index is 8.37. The van der Waals surface area contributed by atoms with Gasteiger partial charge in [-0.1, -0.05) is 232 Å². The molecule has 0 bridgehead atoms. The van der Waals surface area contributed by atoms with Gasteiger partial charge < -0.3 is 10.6 Å². The summed E-state index contributed by atoms with van der Waals surface area (Å²) in [6, 6.07) is 36.7. The van der Waals surface area contributed by atoms with E-state index in [0.717, 1.165) is 45.6 Å². The van der Waals surface area contributed by atoms with Gasteiger partial charge in [0, 0.05) is 11.4 Å². The molecule has 0 N–H and O–H groups in total. The number of allylic oxidation sites excluding steroid dienone is 4. The van der Waals surface area contributed by atoms with Crippen molar-refractivity contribution in [2.24, 2.45) is 9.98 Å². The van der Waals surface area contributed by atoms with Gasteiger partial charge in [0.2, 0.25) is 0 Å². The molecule has 0 unspecified atom stereocenters. The van der Waals surface area contributed by atoms with Crippen molar-refractivity contribution in [3.8, 4) is 12.1 Å². The molecule has 0 aliphatic carbocycles. The second-order valence-electron chi connectivity index (χ2n) is 21.5. The van der Waals surface area contributed by atoms with Crippen LogP contribution in [0.4, 0.5) is 22.7 Å². The fourth-order valence-corrected chi connectivity index (χ4v) is 8.62. The summed E-state index contributed by atoms with van der Waals surface area (Å²) in [5.74, 6) is 3.49. The third-order valence-electron chi connectivity index (χ3n) is 12.5. The van der Waals surface area contributed by atoms with Crippen LogP contribution >= 0.6 is 0 Å². The zero-order chi connectivity index (χ0) is 54.0. The molecule has 402 valence electrons. The average Bonchev–Trinajstić information content (AvgIpc) is 3.31. The van der Waals surface area contributed by atoms with Gasteiger partial charge in [0.15, 0.2) is 0 Å². The molecule has 6 nitrogen and oxygen atoms in total. The SMILES string of the molecule is CC(/C=C(/C)[N-]c1c(C(C)C)cccc1C(C)C)=Nc1c(C(C)C)cccc1C(C)C.CC(/C=C(/C)[N-]c1c(C(C)C)cccc1C(C)C)=Nc1c(C(C)C)cccc1C(C)C.N#Cc1ccc(C#N)cc1.[Cu+].[Cu+]. The Morgan fingerprint density at radius 1 is 0.365 bits per heavy atom. The van der Waals surface area contributed by atoms with Gasteiger partial charge in [-0.05, 0) is 108 Å². The Hall–Kier alpha value is -5.46. The van der Waals surface area contributed by atoms with Crippen LogP contribution < -0.4 is 0 Å². The summed E-state index contributed by atoms with van der Waals surface area (Å²) in [4.78, 5) is 10.2. The molecule has 0 atom stereocenters. The Labute approximate surface area is 470 Å². The molecule has 5 aromatic carbocycles. The summed E-state index contributed by atoms with van der Waals surface area (Å²) >= 11 is 0. The zero-order valence-electron chi connectivity index (χ0n) is 48.3. The molecular weight excluding hydrogens is 1000 g/mol. The molecule has 0 heterocycles. The molecule has 0 radical (unpaired) electrons. The Morgan fingerprint density at radius 3 is 0.757 bits per heavy atom. The molecule has 0 spiro atoms. The van der Waals surface area contributed by atoms with Gasteiger partial charge in [0.05, 0.1) is 34.6 Å². The number of para-hydroxylation sites is 4. The van der Waals surface area contributed by atoms with E-state index in [1.165, 1.54) is 44.5 Å². The molecule has 0 saturated heterocycles. The monoisotopic (exact) mass is 1090 g/mol. The Kier molecular flexibility index (Phi) is 28.9. The molecule has 0 saturated carbocycles. The van der Waals surface area contributed by atoms with Crippen LogP contribution in [-0.4, -0.2) is 11.4 Å². The third kappa shape index (κ3) is 19.7. The molecule has 0 amide bonds. The topological polar surface area (TPSA) is 100 Å². The maximum Gasteiger partial charge on any atom is 1.00 e. The van der Waals surface area contributed by atoms with Gasteiger partial charge in [-0.15, -0.1) is 11.4 Å². The van der Waals surface area contributed by atoms with Crippen LogP contribution in [0.3, 0.4) is 0 Å². The first-order valence-electron chi connectivity index (χ1n) is 26.2. The second-order valence-corrected chi connectivity index (χ2v) is 21.5. The van der Waals surface area contributed by atoms with Crippen LogP contribution in [0.5, 0.6) is 0 Å². The van der Waals surface area contributed by atoms with E-state index in [-0.39, 0.29) is 34.1 Å². The molecule has 0 aliphatic heterocycles. The minimum absolute atomic E-state index is 0. The first-order valence-corrected chi connectivity index (χ1v) is 26.2. The van der Waals surface area contributed by atoms with E-state index in [1.54, 1.807) is 24.3 Å². The third-order valence-corrected chi connectivity index (χ3v) is 12.5. The zero-order valence-corrected chi connectivity index (χ0v) is 50.2. The molecule has 0 aromatic heterocycles. The van der Waals surface area contributed by atoms with Gasteiger partial charge >= 0.3 is 34.1 Å². The molecular formula is C66H86Cu2N6. The molecule has 74 heavy (non-hydrogen) atoms. The van der Waals surface area contributed by atoms with E-state index < -0.39 is 0 Å². The summed E-state index contributed by atoms with van der Waals surface area (Å²) in [6.45, 7) is 44.1. The van der Waals surface area contributed by atoms with Crippen LogP contribution in [0, 0.1) is 22.7 Å². The second kappa shape index (κ2) is 32.1. The summed E-state index contributed by atoms with van der Waals surface area (Å²) in [5, 5.41) is 26.9. The van der Waals surface area contributed by atoms with Crippen molar-refractivity contribution in [1.29, 1.82) is 10.5 Å². The van der Waals surface area contributed by atoms with E-state index in [1.807, 2.05) is 12.1 Å². The number of nitrogens with zero attached hydrogens (tertiary/aromatic N) is 6. The Morgan fingerprint density at radius 2 is 0.568 bits per heavy atom. The van der Waals surface area contributed by atoms with Crippen LogP contribution in [0.2, 0.25) is 0 Å². The predicted octanol–water partition coefficient (Wildman–Crippen LogP) is 21.2. The normalized spacial score (nSPS) is 12.0. The number of hydrogen-bond donors (Lipinski definition) is 0. The number of nitriles is 2. The first kappa shape index (κ1) is 66.6. The quantitative estimate of drug-likeness (QED) is 0.0726. The Bertz CT molecular complexity index is 2470. The number of aliphatic imine (C=N–C) groups is 2. The fraction of sp³-hybridized carbons (Fsp3) is 0.424. The fourth-order valence-electron chi connectivity index (χ4n) is 8.62. The van der Waals surface area contributed by atoms with Crippen LogP contribution in [-0.2, 0) is 34.1 Å². The van der Waals surface area contributed by atoms with Crippen molar-refractivity contribution in [3.63, 3.8) is 0 Å². The molecule has 0 aliphatic rings. The first-order chi connectivity index (χ1) is 33.9. The summed E-state index contributed by atoms with van der Waals surface area (Å²) in [7, 11) is 0. The number of hydrogen-bond acceptors (Lipinski definition) is 4. The molecule has 5 aromatic rings. The summed E-state index contributed by atoms with van der Waals surface area (Å²) in [5.41, 5.74) is 20.1. The predicted molar refractivity (Wildman–Crippen MR) is 313 cm³/mol. The van der Waals surface area contributed by atoms with Crippen LogP contribution in [0.25, 0.3) is 10.6 Å². The van der Waals surface area contributed by atoms with Gasteiger partial charge in [-0.3, -0.25) is 9.98 Å². The van der Waals surface area contributed by atoms with Gasteiger partial charge in [0.25, 0.3) is 0 Å². The van der Waals surface area contributed by atoms with Crippen molar-refractivity contribution in [3.05, 3.63) is 187 Å². The number of benzene rings is 5. The minimum Gasteiger partial charge on any atom is -0.661 e. The van der Waals surface area contributed by atoms with Crippen molar-refractivity contribution >= 4 is 34.2 Å². The Balaban J connectivity index is 0.000000609. The summed E-state index contributed by atoms with van der Waals surface area (Å²) in [6.07, 6.45) is 4.23. The molecule has 5 rings (SSSR count). The van der Waals surface area contributed by atoms with Crippen LogP contribution in [0.15, 0.2) is 131 Å². The van der Waals surface area contributed by atoms with Crippen molar-refractivity contribution < 1.29 is 34.1 Å². The van der Waals surface area contributed by atoms with Crippen molar-refractivity contribution in [1.82, 2.24) is 0 Å². The minimum atomic E-state index is 0. The van der Waals surface area contributed by atoms with E-state index in [0.29, 0.717) is 58.5 Å². The van der Waals surface area contributed by atoms with Crippen molar-refractivity contribution in [2.75, 3.05) is 0 Å². The maximum absolute atomic E-state index is 8.37. The standard InChI is InChI=1S/2C29H41N2.C8H4N2.2Cu/c2*1-18(2)24-13-11-14-25(19(3)4)28(24)30-22(9)17-23(10)31-29-26(20(5)6)15-12-16-27(29)21(7)8;9-5-7-1-2-8(6-10)4-3-7;;/h2*11-21H,1-10H3;1-4H;;/q2*-1;;2*+1/b2*22-17-,31-23?;;;. The number of rotatable bonds is 16.